The number of hydrogen-bond acceptors (Lipinski definition) is 6. The average molecular weight is 371 g/mol. The first-order valence-electron chi connectivity index (χ1n) is 8.17. The van der Waals surface area contributed by atoms with Crippen molar-refractivity contribution in [1.29, 1.82) is 0 Å². The van der Waals surface area contributed by atoms with E-state index in [9.17, 15) is 9.59 Å². The Morgan fingerprint density at radius 1 is 1.15 bits per heavy atom. The average Bonchev–Trinajstić information content (AvgIpc) is 3.33. The molecule has 9 heteroatoms. The molecular formula is C17H17N5O3S. The molecule has 1 aliphatic heterocycles. The maximum Gasteiger partial charge on any atom is 0.289 e. The minimum Gasteiger partial charge on any atom is -0.378 e. The fraction of sp³-hybridized carbons (Fsp3) is 0.235. The van der Waals surface area contributed by atoms with Crippen molar-refractivity contribution in [2.45, 2.75) is 0 Å². The highest BCUT2D eigenvalue weighted by Gasteiger charge is 2.18. The molecule has 0 atom stereocenters. The molecule has 0 radical (unpaired) electrons. The molecule has 1 aliphatic rings. The van der Waals surface area contributed by atoms with Gasteiger partial charge in [0.05, 0.1) is 13.2 Å². The van der Waals surface area contributed by atoms with Crippen molar-refractivity contribution in [2.24, 2.45) is 0 Å². The predicted octanol–water partition coefficient (Wildman–Crippen LogP) is 1.54. The molecule has 0 aliphatic carbocycles. The summed E-state index contributed by atoms with van der Waals surface area (Å²) < 4.78 is 5.31. The highest BCUT2D eigenvalue weighted by molar-refractivity contribution is 7.13. The molecule has 0 unspecified atom stereocenters. The Bertz CT molecular complexity index is 912. The molecule has 3 aromatic rings. The number of anilines is 1. The zero-order chi connectivity index (χ0) is 17.9. The van der Waals surface area contributed by atoms with Crippen LogP contribution in [-0.2, 0) is 4.74 Å². The van der Waals surface area contributed by atoms with Crippen LogP contribution in [0.25, 0.3) is 10.9 Å². The van der Waals surface area contributed by atoms with Crippen LogP contribution < -0.4 is 15.8 Å². The Labute approximate surface area is 153 Å². The molecule has 0 saturated carbocycles. The van der Waals surface area contributed by atoms with Gasteiger partial charge in [0.25, 0.3) is 11.8 Å². The molecular weight excluding hydrogens is 354 g/mol. The number of H-pyrrole nitrogens is 1. The Morgan fingerprint density at radius 2 is 1.92 bits per heavy atom. The van der Waals surface area contributed by atoms with E-state index in [1.54, 1.807) is 11.4 Å². The topological polar surface area (TPSA) is 99.4 Å². The number of aromatic nitrogens is 2. The molecule has 4 rings (SSSR count). The first-order chi connectivity index (χ1) is 12.7. The number of benzene rings is 1. The number of nitrogens with zero attached hydrogens (tertiary/aromatic N) is 2. The van der Waals surface area contributed by atoms with E-state index in [4.69, 9.17) is 4.74 Å². The van der Waals surface area contributed by atoms with Crippen molar-refractivity contribution in [1.82, 2.24) is 20.8 Å². The second-order valence-corrected chi connectivity index (χ2v) is 6.63. The highest BCUT2D eigenvalue weighted by atomic mass is 32.1. The van der Waals surface area contributed by atoms with E-state index in [1.807, 2.05) is 24.3 Å². The summed E-state index contributed by atoms with van der Waals surface area (Å²) in [5.41, 5.74) is 6.31. The SMILES string of the molecule is O=C(NNC(=O)c1cc2ccccc2[nH]1)c1csc(N2CCOCC2)n1. The summed E-state index contributed by atoms with van der Waals surface area (Å²) in [7, 11) is 0. The van der Waals surface area contributed by atoms with E-state index < -0.39 is 11.8 Å². The summed E-state index contributed by atoms with van der Waals surface area (Å²) in [5, 5.41) is 3.38. The lowest BCUT2D eigenvalue weighted by atomic mass is 10.2. The molecule has 1 saturated heterocycles. The van der Waals surface area contributed by atoms with Gasteiger partial charge in [-0.15, -0.1) is 11.3 Å². The van der Waals surface area contributed by atoms with E-state index in [1.165, 1.54) is 11.3 Å². The van der Waals surface area contributed by atoms with Crippen LogP contribution in [0.3, 0.4) is 0 Å². The number of morpholine rings is 1. The lowest BCUT2D eigenvalue weighted by molar-refractivity contribution is 0.0842. The van der Waals surface area contributed by atoms with E-state index >= 15 is 0 Å². The summed E-state index contributed by atoms with van der Waals surface area (Å²) in [6.45, 7) is 2.82. The van der Waals surface area contributed by atoms with Crippen molar-refractivity contribution in [2.75, 3.05) is 31.2 Å². The number of fused-ring (bicyclic) bond motifs is 1. The molecule has 3 N–H and O–H groups in total. The third kappa shape index (κ3) is 3.39. The van der Waals surface area contributed by atoms with Gasteiger partial charge in [0.1, 0.15) is 11.4 Å². The van der Waals surface area contributed by atoms with Gasteiger partial charge >= 0.3 is 0 Å². The van der Waals surface area contributed by atoms with Gasteiger partial charge in [-0.2, -0.15) is 0 Å². The second kappa shape index (κ2) is 7.14. The minimum atomic E-state index is -0.453. The van der Waals surface area contributed by atoms with Gasteiger partial charge < -0.3 is 14.6 Å². The molecule has 0 spiro atoms. The van der Waals surface area contributed by atoms with Crippen LogP contribution in [0.1, 0.15) is 21.0 Å². The second-order valence-electron chi connectivity index (χ2n) is 5.79. The van der Waals surface area contributed by atoms with Gasteiger partial charge in [0.15, 0.2) is 5.13 Å². The predicted molar refractivity (Wildman–Crippen MR) is 98.4 cm³/mol. The number of hydrazine groups is 1. The molecule has 2 amide bonds. The van der Waals surface area contributed by atoms with E-state index in [0.717, 1.165) is 29.1 Å². The Hall–Kier alpha value is -2.91. The number of nitrogens with one attached hydrogen (secondary N) is 3. The Morgan fingerprint density at radius 3 is 2.73 bits per heavy atom. The fourth-order valence-corrected chi connectivity index (χ4v) is 3.57. The monoisotopic (exact) mass is 371 g/mol. The van der Waals surface area contributed by atoms with Gasteiger partial charge in [0, 0.05) is 29.4 Å². The van der Waals surface area contributed by atoms with E-state index in [2.05, 4.69) is 25.7 Å². The number of carbonyl (C=O) groups is 2. The molecule has 0 bridgehead atoms. The van der Waals surface area contributed by atoms with Crippen LogP contribution in [0.15, 0.2) is 35.7 Å². The van der Waals surface area contributed by atoms with Crippen LogP contribution in [0.4, 0.5) is 5.13 Å². The summed E-state index contributed by atoms with van der Waals surface area (Å²) in [6, 6.07) is 9.30. The first-order valence-corrected chi connectivity index (χ1v) is 9.05. The smallest absolute Gasteiger partial charge is 0.289 e. The number of carbonyl (C=O) groups excluding carboxylic acids is 2. The number of ether oxygens (including phenoxy) is 1. The van der Waals surface area contributed by atoms with Crippen molar-refractivity contribution in [3.63, 3.8) is 0 Å². The summed E-state index contributed by atoms with van der Waals surface area (Å²) in [5.74, 6) is -0.872. The highest BCUT2D eigenvalue weighted by Crippen LogP contribution is 2.21. The lowest BCUT2D eigenvalue weighted by Gasteiger charge is -2.25. The lowest BCUT2D eigenvalue weighted by Crippen LogP contribution is -2.42. The van der Waals surface area contributed by atoms with Crippen LogP contribution in [0.5, 0.6) is 0 Å². The van der Waals surface area contributed by atoms with E-state index in [0.29, 0.717) is 18.9 Å². The van der Waals surface area contributed by atoms with Crippen LogP contribution in [-0.4, -0.2) is 48.1 Å². The molecule has 8 nitrogen and oxygen atoms in total. The number of para-hydroxylation sites is 1. The third-order valence-electron chi connectivity index (χ3n) is 4.07. The third-order valence-corrected chi connectivity index (χ3v) is 4.97. The maximum atomic E-state index is 12.2. The minimum absolute atomic E-state index is 0.272. The zero-order valence-corrected chi connectivity index (χ0v) is 14.6. The molecule has 1 fully saturated rings. The molecule has 2 aromatic heterocycles. The van der Waals surface area contributed by atoms with Gasteiger partial charge in [-0.3, -0.25) is 20.4 Å². The number of amides is 2. The number of rotatable bonds is 3. The van der Waals surface area contributed by atoms with E-state index in [-0.39, 0.29) is 5.69 Å². The van der Waals surface area contributed by atoms with Crippen molar-refractivity contribution in [3.05, 3.63) is 47.1 Å². The molecule has 1 aromatic carbocycles. The molecule has 3 heterocycles. The number of aromatic amines is 1. The van der Waals surface area contributed by atoms with Gasteiger partial charge in [-0.25, -0.2) is 4.98 Å². The van der Waals surface area contributed by atoms with Gasteiger partial charge in [-0.05, 0) is 12.1 Å². The largest absolute Gasteiger partial charge is 0.378 e. The van der Waals surface area contributed by atoms with Crippen LogP contribution in [0.2, 0.25) is 0 Å². The number of hydrogen-bond donors (Lipinski definition) is 3. The van der Waals surface area contributed by atoms with Crippen LogP contribution >= 0.6 is 11.3 Å². The molecule has 26 heavy (non-hydrogen) atoms. The van der Waals surface area contributed by atoms with Crippen molar-refractivity contribution < 1.29 is 14.3 Å². The quantitative estimate of drug-likeness (QED) is 0.607. The summed E-state index contributed by atoms with van der Waals surface area (Å²) in [4.78, 5) is 33.8. The maximum absolute atomic E-state index is 12.2. The summed E-state index contributed by atoms with van der Waals surface area (Å²) >= 11 is 1.40. The fourth-order valence-electron chi connectivity index (χ4n) is 2.71. The zero-order valence-electron chi connectivity index (χ0n) is 13.8. The van der Waals surface area contributed by atoms with Gasteiger partial charge in [-0.1, -0.05) is 18.2 Å². The Kier molecular flexibility index (Phi) is 4.55. The standard InChI is InChI=1S/C17H17N5O3S/c23-15(13-9-11-3-1-2-4-12(11)18-13)20-21-16(24)14-10-26-17(19-14)22-5-7-25-8-6-22/h1-4,9-10,18H,5-8H2,(H,20,23)(H,21,24). The van der Waals surface area contributed by atoms with Crippen LogP contribution in [0, 0.1) is 0 Å². The molecule has 134 valence electrons. The van der Waals surface area contributed by atoms with Gasteiger partial charge in [0.2, 0.25) is 0 Å². The Balaban J connectivity index is 1.37. The summed E-state index contributed by atoms with van der Waals surface area (Å²) in [6.07, 6.45) is 0. The van der Waals surface area contributed by atoms with Crippen molar-refractivity contribution >= 4 is 39.2 Å². The normalized spacial score (nSPS) is 14.4. The van der Waals surface area contributed by atoms with Crippen molar-refractivity contribution in [3.8, 4) is 0 Å². The first kappa shape index (κ1) is 16.6. The number of thiazole rings is 1.